The first-order valence-corrected chi connectivity index (χ1v) is 9.95. The Kier molecular flexibility index (Phi) is 6.44. The van der Waals surface area contributed by atoms with Gasteiger partial charge >= 0.3 is 0 Å². The van der Waals surface area contributed by atoms with Gasteiger partial charge in [-0.15, -0.1) is 0 Å². The molecule has 1 atom stereocenters. The summed E-state index contributed by atoms with van der Waals surface area (Å²) >= 11 is 0. The van der Waals surface area contributed by atoms with Gasteiger partial charge in [0.25, 0.3) is 5.91 Å². The van der Waals surface area contributed by atoms with Crippen molar-refractivity contribution in [2.75, 3.05) is 12.4 Å². The molecule has 1 aromatic rings. The fourth-order valence-electron chi connectivity index (χ4n) is 4.14. The van der Waals surface area contributed by atoms with Crippen LogP contribution in [0, 0.1) is 5.92 Å². The summed E-state index contributed by atoms with van der Waals surface area (Å²) < 4.78 is 0. The van der Waals surface area contributed by atoms with Gasteiger partial charge in [-0.05, 0) is 31.4 Å². The second-order valence-corrected chi connectivity index (χ2v) is 7.46. The molecule has 1 aliphatic heterocycles. The van der Waals surface area contributed by atoms with Crippen molar-refractivity contribution in [1.29, 1.82) is 0 Å². The largest absolute Gasteiger partial charge is 0.357 e. The molecule has 0 spiro atoms. The zero-order valence-electron chi connectivity index (χ0n) is 16.2. The number of benzene rings is 1. The van der Waals surface area contributed by atoms with E-state index in [-0.39, 0.29) is 43.0 Å². The number of nitrogens with zero attached hydrogens (tertiary/aromatic N) is 1. The van der Waals surface area contributed by atoms with Gasteiger partial charge in [-0.1, -0.05) is 25.3 Å². The predicted octanol–water partition coefficient (Wildman–Crippen LogP) is 2.25. The normalized spacial score (nSPS) is 17.8. The number of anilines is 1. The molecule has 3 rings (SSSR count). The summed E-state index contributed by atoms with van der Waals surface area (Å²) in [5.74, 6) is -0.522. The van der Waals surface area contributed by atoms with Crippen LogP contribution in [0.4, 0.5) is 5.69 Å². The lowest BCUT2D eigenvalue weighted by Gasteiger charge is -2.26. The Morgan fingerprint density at radius 2 is 2.00 bits per heavy atom. The van der Waals surface area contributed by atoms with Crippen molar-refractivity contribution in [2.45, 2.75) is 57.5 Å². The third-order valence-electron chi connectivity index (χ3n) is 5.71. The summed E-state index contributed by atoms with van der Waals surface area (Å²) in [5, 5.41) is 5.57. The summed E-state index contributed by atoms with van der Waals surface area (Å²) in [5.41, 5.74) is 1.87. The van der Waals surface area contributed by atoms with Crippen LogP contribution >= 0.6 is 0 Å². The third-order valence-corrected chi connectivity index (χ3v) is 5.71. The van der Waals surface area contributed by atoms with Gasteiger partial charge < -0.3 is 20.3 Å². The van der Waals surface area contributed by atoms with E-state index in [4.69, 9.17) is 0 Å². The van der Waals surface area contributed by atoms with Crippen molar-refractivity contribution in [1.82, 2.24) is 10.2 Å². The molecule has 0 aromatic heterocycles. The Labute approximate surface area is 164 Å². The lowest BCUT2D eigenvalue weighted by Crippen LogP contribution is -2.46. The molecule has 2 N–H and O–H groups in total. The highest BCUT2D eigenvalue weighted by Crippen LogP contribution is 2.33. The Balaban J connectivity index is 1.80. The van der Waals surface area contributed by atoms with Crippen molar-refractivity contribution >= 4 is 29.7 Å². The molecule has 150 valence electrons. The van der Waals surface area contributed by atoms with Gasteiger partial charge in [-0.25, -0.2) is 0 Å². The van der Waals surface area contributed by atoms with Crippen LogP contribution < -0.4 is 10.6 Å². The van der Waals surface area contributed by atoms with Gasteiger partial charge in [0, 0.05) is 42.7 Å². The number of nitrogens with one attached hydrogen (secondary N) is 2. The van der Waals surface area contributed by atoms with Crippen LogP contribution in [0.1, 0.15) is 60.9 Å². The number of hydrogen-bond acceptors (Lipinski definition) is 4. The third kappa shape index (κ3) is 4.08. The number of fused-ring (bicyclic) bond motifs is 1. The minimum Gasteiger partial charge on any atom is -0.357 e. The van der Waals surface area contributed by atoms with E-state index in [1.165, 1.54) is 18.4 Å². The van der Waals surface area contributed by atoms with E-state index < -0.39 is 6.04 Å². The van der Waals surface area contributed by atoms with Crippen molar-refractivity contribution in [3.8, 4) is 0 Å². The highest BCUT2D eigenvalue weighted by Gasteiger charge is 2.37. The Bertz CT molecular complexity index is 771. The number of rotatable bonds is 7. The monoisotopic (exact) mass is 385 g/mol. The van der Waals surface area contributed by atoms with E-state index in [9.17, 15) is 19.2 Å². The van der Waals surface area contributed by atoms with Crippen LogP contribution in [0.3, 0.4) is 0 Å². The molecule has 1 unspecified atom stereocenters. The minimum atomic E-state index is -0.711. The van der Waals surface area contributed by atoms with Crippen LogP contribution in [0.15, 0.2) is 18.2 Å². The summed E-state index contributed by atoms with van der Waals surface area (Å²) in [6.07, 6.45) is 6.33. The molecule has 1 heterocycles. The summed E-state index contributed by atoms with van der Waals surface area (Å²) in [6.45, 7) is 0.242. The molecular weight excluding hydrogens is 358 g/mol. The molecule has 7 nitrogen and oxygen atoms in total. The summed E-state index contributed by atoms with van der Waals surface area (Å²) in [6, 6.07) is 4.56. The number of carbonyl (C=O) groups excluding carboxylic acids is 4. The Hall–Kier alpha value is -2.70. The van der Waals surface area contributed by atoms with Crippen molar-refractivity contribution in [3.05, 3.63) is 29.3 Å². The zero-order chi connectivity index (χ0) is 20.1. The molecule has 0 saturated heterocycles. The van der Waals surface area contributed by atoms with Crippen LogP contribution in [-0.4, -0.2) is 42.0 Å². The molecule has 1 aliphatic carbocycles. The lowest BCUT2D eigenvalue weighted by molar-refractivity contribution is -0.125. The second kappa shape index (κ2) is 8.99. The SMILES string of the molecule is CNC(=O)C(CCC=O)N1Cc2c(NC(=O)C3CCCCC3)cccc2C1=O. The molecule has 28 heavy (non-hydrogen) atoms. The average Bonchev–Trinajstić information content (AvgIpc) is 3.06. The van der Waals surface area contributed by atoms with Crippen LogP contribution in [-0.2, 0) is 20.9 Å². The topological polar surface area (TPSA) is 95.6 Å². The maximum Gasteiger partial charge on any atom is 0.255 e. The van der Waals surface area contributed by atoms with Gasteiger partial charge in [0.1, 0.15) is 12.3 Å². The maximum absolute atomic E-state index is 12.9. The lowest BCUT2D eigenvalue weighted by atomic mass is 9.88. The van der Waals surface area contributed by atoms with Gasteiger partial charge in [0.05, 0.1) is 0 Å². The minimum absolute atomic E-state index is 0.00260. The summed E-state index contributed by atoms with van der Waals surface area (Å²) in [7, 11) is 1.51. The van der Waals surface area contributed by atoms with E-state index in [0.29, 0.717) is 11.3 Å². The predicted molar refractivity (Wildman–Crippen MR) is 105 cm³/mol. The Morgan fingerprint density at radius 3 is 2.68 bits per heavy atom. The van der Waals surface area contributed by atoms with Gasteiger partial charge in [0.2, 0.25) is 11.8 Å². The maximum atomic E-state index is 12.9. The van der Waals surface area contributed by atoms with E-state index in [0.717, 1.165) is 37.5 Å². The molecule has 2 aliphatic rings. The van der Waals surface area contributed by atoms with Crippen LogP contribution in [0.2, 0.25) is 0 Å². The fourth-order valence-corrected chi connectivity index (χ4v) is 4.14. The molecule has 1 saturated carbocycles. The van der Waals surface area contributed by atoms with E-state index in [2.05, 4.69) is 10.6 Å². The number of carbonyl (C=O) groups is 4. The fraction of sp³-hybridized carbons (Fsp3) is 0.524. The molecule has 0 radical (unpaired) electrons. The van der Waals surface area contributed by atoms with Gasteiger partial charge in [-0.2, -0.15) is 0 Å². The summed E-state index contributed by atoms with van der Waals surface area (Å²) in [4.78, 5) is 50.1. The smallest absolute Gasteiger partial charge is 0.255 e. The first-order valence-electron chi connectivity index (χ1n) is 9.95. The molecule has 1 aromatic carbocycles. The number of aldehydes is 1. The van der Waals surface area contributed by atoms with Crippen molar-refractivity contribution in [2.24, 2.45) is 5.92 Å². The second-order valence-electron chi connectivity index (χ2n) is 7.46. The standard InChI is InChI=1S/C21H27N3O4/c1-22-20(27)18(11-6-12-25)24-13-16-15(21(24)28)9-5-10-17(16)23-19(26)14-7-3-2-4-8-14/h5,9-10,12,14,18H,2-4,6-8,11,13H2,1H3,(H,22,27)(H,23,26). The van der Waals surface area contributed by atoms with E-state index >= 15 is 0 Å². The van der Waals surface area contributed by atoms with Crippen LogP contribution in [0.5, 0.6) is 0 Å². The highest BCUT2D eigenvalue weighted by molar-refractivity contribution is 6.04. The number of hydrogen-bond donors (Lipinski definition) is 2. The first-order chi connectivity index (χ1) is 13.6. The van der Waals surface area contributed by atoms with Gasteiger partial charge in [0.15, 0.2) is 0 Å². The molecule has 7 heteroatoms. The number of likely N-dealkylation sites (N-methyl/N-ethyl adjacent to an activating group) is 1. The molecule has 3 amide bonds. The van der Waals surface area contributed by atoms with Crippen LogP contribution in [0.25, 0.3) is 0 Å². The first kappa shape index (κ1) is 20.0. The van der Waals surface area contributed by atoms with E-state index in [1.54, 1.807) is 18.2 Å². The quantitative estimate of drug-likeness (QED) is 0.704. The van der Waals surface area contributed by atoms with Crippen molar-refractivity contribution < 1.29 is 19.2 Å². The molecule has 1 fully saturated rings. The number of amides is 3. The molecular formula is C21H27N3O4. The molecule has 0 bridgehead atoms. The van der Waals surface area contributed by atoms with E-state index in [1.807, 2.05) is 0 Å². The average molecular weight is 385 g/mol. The van der Waals surface area contributed by atoms with Gasteiger partial charge in [-0.3, -0.25) is 14.4 Å². The van der Waals surface area contributed by atoms with Crippen molar-refractivity contribution in [3.63, 3.8) is 0 Å². The highest BCUT2D eigenvalue weighted by atomic mass is 16.2. The Morgan fingerprint density at radius 1 is 1.25 bits per heavy atom. The zero-order valence-corrected chi connectivity index (χ0v) is 16.2.